The molecule has 0 saturated carbocycles. The third-order valence-electron chi connectivity index (χ3n) is 3.58. The van der Waals surface area contributed by atoms with Crippen molar-refractivity contribution in [1.29, 1.82) is 0 Å². The van der Waals surface area contributed by atoms with E-state index in [4.69, 9.17) is 16.0 Å². The lowest BCUT2D eigenvalue weighted by Gasteiger charge is -2.26. The van der Waals surface area contributed by atoms with E-state index < -0.39 is 9.84 Å². The Morgan fingerprint density at radius 3 is 2.42 bits per heavy atom. The highest BCUT2D eigenvalue weighted by molar-refractivity contribution is 7.90. The number of furan rings is 1. The Balaban J connectivity index is 2.37. The maximum atomic E-state index is 12.8. The second-order valence-corrected chi connectivity index (χ2v) is 8.35. The normalized spacial score (nSPS) is 11.8. The molecule has 130 valence electrons. The number of carbonyl (C=O) groups is 1. The summed E-state index contributed by atoms with van der Waals surface area (Å²) in [5.41, 5.74) is 0.275. The molecule has 24 heavy (non-hydrogen) atoms. The van der Waals surface area contributed by atoms with Crippen LogP contribution in [0.1, 0.15) is 35.7 Å². The van der Waals surface area contributed by atoms with Crippen molar-refractivity contribution in [1.82, 2.24) is 4.90 Å². The number of benzene rings is 1. The van der Waals surface area contributed by atoms with Gasteiger partial charge in [-0.05, 0) is 51.1 Å². The Morgan fingerprint density at radius 2 is 1.92 bits per heavy atom. The van der Waals surface area contributed by atoms with Gasteiger partial charge in [-0.2, -0.15) is 0 Å². The predicted molar refractivity (Wildman–Crippen MR) is 93.0 cm³/mol. The van der Waals surface area contributed by atoms with Crippen molar-refractivity contribution in [2.24, 2.45) is 0 Å². The molecule has 2 aromatic rings. The highest BCUT2D eigenvalue weighted by Gasteiger charge is 2.23. The number of rotatable bonds is 5. The highest BCUT2D eigenvalue weighted by Crippen LogP contribution is 2.24. The Morgan fingerprint density at radius 1 is 1.25 bits per heavy atom. The Kier molecular flexibility index (Phi) is 5.40. The first kappa shape index (κ1) is 18.5. The smallest absolute Gasteiger partial charge is 0.254 e. The van der Waals surface area contributed by atoms with Crippen LogP contribution in [0.5, 0.6) is 0 Å². The molecule has 0 radical (unpaired) electrons. The van der Waals surface area contributed by atoms with Gasteiger partial charge in [0.05, 0.1) is 16.5 Å². The summed E-state index contributed by atoms with van der Waals surface area (Å²) in [4.78, 5) is 14.4. The second-order valence-electron chi connectivity index (χ2n) is 5.96. The molecule has 1 amide bonds. The van der Waals surface area contributed by atoms with Gasteiger partial charge in [-0.3, -0.25) is 4.79 Å². The van der Waals surface area contributed by atoms with Gasteiger partial charge in [-0.1, -0.05) is 11.6 Å². The van der Waals surface area contributed by atoms with Crippen molar-refractivity contribution in [2.45, 2.75) is 38.3 Å². The molecule has 1 aromatic heterocycles. The van der Waals surface area contributed by atoms with Crippen LogP contribution in [0.2, 0.25) is 5.02 Å². The summed E-state index contributed by atoms with van der Waals surface area (Å²) in [5, 5.41) is 0.104. The molecule has 1 heterocycles. The van der Waals surface area contributed by atoms with Crippen molar-refractivity contribution in [2.75, 3.05) is 6.26 Å². The molecule has 0 spiro atoms. The monoisotopic (exact) mass is 369 g/mol. The fourth-order valence-electron chi connectivity index (χ4n) is 2.31. The zero-order chi connectivity index (χ0) is 18.1. The summed E-state index contributed by atoms with van der Waals surface area (Å²) in [6, 6.07) is 7.86. The lowest BCUT2D eigenvalue weighted by atomic mass is 10.1. The molecule has 0 atom stereocenters. The molecular formula is C17H20ClNO4S. The molecule has 0 bridgehead atoms. The first-order chi connectivity index (χ1) is 11.1. The fraction of sp³-hybridized carbons (Fsp3) is 0.353. The van der Waals surface area contributed by atoms with E-state index in [0.717, 1.165) is 12.0 Å². The predicted octanol–water partition coefficient (Wildman–Crippen LogP) is 3.70. The molecule has 5 nitrogen and oxygen atoms in total. The van der Waals surface area contributed by atoms with Crippen LogP contribution in [-0.2, 0) is 16.4 Å². The van der Waals surface area contributed by atoms with Crippen LogP contribution in [0.25, 0.3) is 0 Å². The molecular weight excluding hydrogens is 350 g/mol. The second kappa shape index (κ2) is 6.99. The molecule has 0 aliphatic heterocycles. The largest absolute Gasteiger partial charge is 0.464 e. The Bertz CT molecular complexity index is 855. The summed E-state index contributed by atoms with van der Waals surface area (Å²) >= 11 is 5.94. The summed E-state index contributed by atoms with van der Waals surface area (Å²) < 4.78 is 29.1. The average molecular weight is 370 g/mol. The van der Waals surface area contributed by atoms with Crippen molar-refractivity contribution in [3.8, 4) is 0 Å². The van der Waals surface area contributed by atoms with Crippen LogP contribution in [0.4, 0.5) is 0 Å². The number of sulfone groups is 1. The Hall–Kier alpha value is -1.79. The van der Waals surface area contributed by atoms with E-state index in [1.807, 2.05) is 32.9 Å². The lowest BCUT2D eigenvalue weighted by Crippen LogP contribution is -2.36. The van der Waals surface area contributed by atoms with Gasteiger partial charge in [0, 0.05) is 17.9 Å². The van der Waals surface area contributed by atoms with Crippen molar-refractivity contribution < 1.29 is 17.6 Å². The van der Waals surface area contributed by atoms with E-state index in [1.54, 1.807) is 4.90 Å². The first-order valence-electron chi connectivity index (χ1n) is 7.45. The molecule has 0 N–H and O–H groups in total. The lowest BCUT2D eigenvalue weighted by molar-refractivity contribution is 0.0675. The number of aryl methyl sites for hydroxylation is 1. The van der Waals surface area contributed by atoms with E-state index in [9.17, 15) is 13.2 Å². The quantitative estimate of drug-likeness (QED) is 0.805. The minimum absolute atomic E-state index is 0.0486. The zero-order valence-electron chi connectivity index (χ0n) is 14.0. The maximum absolute atomic E-state index is 12.8. The third kappa shape index (κ3) is 4.19. The molecule has 2 rings (SSSR count). The van der Waals surface area contributed by atoms with Crippen molar-refractivity contribution in [3.05, 3.63) is 52.4 Å². The van der Waals surface area contributed by atoms with E-state index in [0.29, 0.717) is 12.3 Å². The minimum atomic E-state index is -3.51. The first-order valence-corrected chi connectivity index (χ1v) is 9.72. The number of hydrogen-bond acceptors (Lipinski definition) is 4. The van der Waals surface area contributed by atoms with Crippen LogP contribution in [0.3, 0.4) is 0 Å². The Labute approximate surface area is 147 Å². The van der Waals surface area contributed by atoms with Gasteiger partial charge >= 0.3 is 0 Å². The maximum Gasteiger partial charge on any atom is 0.254 e. The van der Waals surface area contributed by atoms with E-state index in [-0.39, 0.29) is 27.4 Å². The molecule has 1 aromatic carbocycles. The van der Waals surface area contributed by atoms with Crippen LogP contribution in [0, 0.1) is 6.92 Å². The standard InChI is InChI=1S/C17H20ClNO4S/c1-11(2)19(10-14-7-5-12(3)23-14)17(20)13-6-8-15(18)16(9-13)24(4,21)22/h5-9,11H,10H2,1-4H3. The van der Waals surface area contributed by atoms with Gasteiger partial charge in [0.25, 0.3) is 5.91 Å². The third-order valence-corrected chi connectivity index (χ3v) is 5.16. The van der Waals surface area contributed by atoms with Gasteiger partial charge in [0.2, 0.25) is 0 Å². The van der Waals surface area contributed by atoms with Crippen LogP contribution in [-0.4, -0.2) is 31.5 Å². The number of hydrogen-bond donors (Lipinski definition) is 0. The van der Waals surface area contributed by atoms with Crippen LogP contribution >= 0.6 is 11.6 Å². The van der Waals surface area contributed by atoms with Gasteiger partial charge in [0.1, 0.15) is 11.5 Å². The van der Waals surface area contributed by atoms with Gasteiger partial charge in [-0.25, -0.2) is 8.42 Å². The molecule has 7 heteroatoms. The molecule has 0 unspecified atom stereocenters. The van der Waals surface area contributed by atoms with Crippen molar-refractivity contribution >= 4 is 27.3 Å². The summed E-state index contributed by atoms with van der Waals surface area (Å²) in [6.07, 6.45) is 1.06. The highest BCUT2D eigenvalue weighted by atomic mass is 35.5. The van der Waals surface area contributed by atoms with Crippen LogP contribution in [0.15, 0.2) is 39.6 Å². The molecule has 0 aliphatic rings. The van der Waals surface area contributed by atoms with Crippen LogP contribution < -0.4 is 0 Å². The SMILES string of the molecule is Cc1ccc(CN(C(=O)c2ccc(Cl)c(S(C)(=O)=O)c2)C(C)C)o1. The van der Waals surface area contributed by atoms with E-state index >= 15 is 0 Å². The number of halogens is 1. The summed E-state index contributed by atoms with van der Waals surface area (Å²) in [7, 11) is -3.51. The number of carbonyl (C=O) groups excluding carboxylic acids is 1. The summed E-state index contributed by atoms with van der Waals surface area (Å²) in [5.74, 6) is 1.17. The van der Waals surface area contributed by atoms with Gasteiger partial charge in [0.15, 0.2) is 9.84 Å². The van der Waals surface area contributed by atoms with Crippen molar-refractivity contribution in [3.63, 3.8) is 0 Å². The number of nitrogens with zero attached hydrogens (tertiary/aromatic N) is 1. The zero-order valence-corrected chi connectivity index (χ0v) is 15.6. The summed E-state index contributed by atoms with van der Waals surface area (Å²) in [6.45, 7) is 5.92. The minimum Gasteiger partial charge on any atom is -0.464 e. The van der Waals surface area contributed by atoms with E-state index in [1.165, 1.54) is 18.2 Å². The number of amides is 1. The van der Waals surface area contributed by atoms with Gasteiger partial charge in [-0.15, -0.1) is 0 Å². The van der Waals surface area contributed by atoms with E-state index in [2.05, 4.69) is 0 Å². The van der Waals surface area contributed by atoms with Gasteiger partial charge < -0.3 is 9.32 Å². The fourth-order valence-corrected chi connectivity index (χ4v) is 3.61. The molecule has 0 fully saturated rings. The molecule has 0 saturated heterocycles. The average Bonchev–Trinajstić information content (AvgIpc) is 2.88. The topological polar surface area (TPSA) is 67.6 Å². The molecule has 0 aliphatic carbocycles.